The molecule has 2 aromatic heterocycles. The van der Waals surface area contributed by atoms with Crippen molar-refractivity contribution in [3.05, 3.63) is 41.8 Å². The maximum atomic E-state index is 12.7. The fourth-order valence-corrected chi connectivity index (χ4v) is 2.25. The normalized spacial score (nSPS) is 11.3. The number of aromatic nitrogens is 3. The molecule has 120 valence electrons. The van der Waals surface area contributed by atoms with Gasteiger partial charge in [-0.25, -0.2) is 8.78 Å². The lowest BCUT2D eigenvalue weighted by Crippen LogP contribution is -2.14. The highest BCUT2D eigenvalue weighted by Gasteiger charge is 2.18. The number of hydrogen-bond acceptors (Lipinski definition) is 4. The zero-order valence-electron chi connectivity index (χ0n) is 12.3. The summed E-state index contributed by atoms with van der Waals surface area (Å²) in [4.78, 5) is 12.2. The van der Waals surface area contributed by atoms with Crippen molar-refractivity contribution in [2.45, 2.75) is 26.3 Å². The molecule has 0 aliphatic heterocycles. The monoisotopic (exact) mass is 320 g/mol. The van der Waals surface area contributed by atoms with Crippen LogP contribution in [0.25, 0.3) is 10.9 Å². The number of carbonyl (C=O) groups is 1. The maximum absolute atomic E-state index is 12.7. The molecule has 0 unspecified atom stereocenters. The molecule has 2 heterocycles. The minimum atomic E-state index is -2.54. The number of halogens is 2. The Kier molecular flexibility index (Phi) is 4.05. The Morgan fingerprint density at radius 1 is 1.39 bits per heavy atom. The van der Waals surface area contributed by atoms with Gasteiger partial charge in [0.15, 0.2) is 11.5 Å². The minimum Gasteiger partial charge on any atom is -0.361 e. The maximum Gasteiger partial charge on any atom is 0.279 e. The highest BCUT2D eigenvalue weighted by molar-refractivity contribution is 6.06. The van der Waals surface area contributed by atoms with Crippen LogP contribution in [0.5, 0.6) is 0 Å². The van der Waals surface area contributed by atoms with Crippen molar-refractivity contribution in [2.75, 3.05) is 5.32 Å². The molecule has 3 rings (SSSR count). The Hall–Kier alpha value is -2.77. The highest BCUT2D eigenvalue weighted by atomic mass is 19.3. The predicted molar refractivity (Wildman–Crippen MR) is 79.6 cm³/mol. The Balaban J connectivity index is 1.91. The molecule has 23 heavy (non-hydrogen) atoms. The van der Waals surface area contributed by atoms with E-state index in [-0.39, 0.29) is 11.5 Å². The Bertz CT molecular complexity index is 841. The summed E-state index contributed by atoms with van der Waals surface area (Å²) in [7, 11) is 0. The van der Waals surface area contributed by atoms with Crippen LogP contribution in [0.3, 0.4) is 0 Å². The molecule has 0 fully saturated rings. The van der Waals surface area contributed by atoms with Gasteiger partial charge in [0.05, 0.1) is 5.52 Å². The average molecular weight is 320 g/mol. The second kappa shape index (κ2) is 6.15. The van der Waals surface area contributed by atoms with Gasteiger partial charge in [0, 0.05) is 17.9 Å². The number of amides is 1. The molecule has 0 radical (unpaired) electrons. The second-order valence-corrected chi connectivity index (χ2v) is 4.93. The third kappa shape index (κ3) is 3.05. The van der Waals surface area contributed by atoms with Crippen LogP contribution < -0.4 is 5.32 Å². The van der Waals surface area contributed by atoms with E-state index in [1.807, 2.05) is 6.92 Å². The van der Waals surface area contributed by atoms with Gasteiger partial charge in [-0.2, -0.15) is 5.10 Å². The molecular weight excluding hydrogens is 306 g/mol. The molecule has 8 heteroatoms. The van der Waals surface area contributed by atoms with Gasteiger partial charge in [-0.15, -0.1) is 0 Å². The molecule has 0 aliphatic carbocycles. The van der Waals surface area contributed by atoms with Crippen molar-refractivity contribution in [3.63, 3.8) is 0 Å². The van der Waals surface area contributed by atoms with Crippen LogP contribution in [0.15, 0.2) is 34.9 Å². The van der Waals surface area contributed by atoms with Gasteiger partial charge in [-0.3, -0.25) is 9.48 Å². The zero-order valence-corrected chi connectivity index (χ0v) is 12.3. The van der Waals surface area contributed by atoms with Gasteiger partial charge in [0.25, 0.3) is 12.3 Å². The van der Waals surface area contributed by atoms with Gasteiger partial charge < -0.3 is 9.84 Å². The molecule has 1 aromatic carbocycles. The van der Waals surface area contributed by atoms with E-state index in [0.717, 1.165) is 0 Å². The molecule has 0 spiro atoms. The first kappa shape index (κ1) is 15.1. The first-order valence-electron chi connectivity index (χ1n) is 7.09. The topological polar surface area (TPSA) is 73.0 Å². The van der Waals surface area contributed by atoms with Crippen molar-refractivity contribution in [1.29, 1.82) is 0 Å². The zero-order chi connectivity index (χ0) is 16.4. The van der Waals surface area contributed by atoms with Crippen molar-refractivity contribution in [2.24, 2.45) is 0 Å². The summed E-state index contributed by atoms with van der Waals surface area (Å²) in [5.74, 6) is 0.302. The lowest BCUT2D eigenvalue weighted by atomic mass is 10.2. The Morgan fingerprint density at radius 2 is 2.17 bits per heavy atom. The standard InChI is InChI=1S/C15H14F2N4O2/c1-2-9-7-11(20-23-9)15(22)18-14-10-5-3-4-6-12(10)21(19-14)8-13(16)17/h3-7,13H,2,8H2,1H3,(H,18,19,22). The number of carbonyl (C=O) groups excluding carboxylic acids is 1. The van der Waals surface area contributed by atoms with Crippen LogP contribution >= 0.6 is 0 Å². The molecule has 0 atom stereocenters. The van der Waals surface area contributed by atoms with Crippen LogP contribution in [0, 0.1) is 0 Å². The lowest BCUT2D eigenvalue weighted by molar-refractivity contribution is 0.101. The van der Waals surface area contributed by atoms with Gasteiger partial charge in [0.1, 0.15) is 12.3 Å². The van der Waals surface area contributed by atoms with E-state index in [1.54, 1.807) is 24.3 Å². The first-order chi connectivity index (χ1) is 11.1. The summed E-state index contributed by atoms with van der Waals surface area (Å²) >= 11 is 0. The molecule has 0 bridgehead atoms. The van der Waals surface area contributed by atoms with Gasteiger partial charge >= 0.3 is 0 Å². The van der Waals surface area contributed by atoms with Crippen molar-refractivity contribution < 1.29 is 18.1 Å². The Labute approximate surface area is 130 Å². The number of rotatable bonds is 5. The van der Waals surface area contributed by atoms with Crippen LogP contribution in [0.1, 0.15) is 23.2 Å². The number of alkyl halides is 2. The molecule has 0 saturated heterocycles. The van der Waals surface area contributed by atoms with E-state index in [1.165, 1.54) is 10.7 Å². The van der Waals surface area contributed by atoms with Crippen molar-refractivity contribution in [3.8, 4) is 0 Å². The number of aryl methyl sites for hydroxylation is 1. The van der Waals surface area contributed by atoms with Gasteiger partial charge in [0.2, 0.25) is 0 Å². The van der Waals surface area contributed by atoms with E-state index in [0.29, 0.717) is 23.1 Å². The second-order valence-electron chi connectivity index (χ2n) is 4.93. The summed E-state index contributed by atoms with van der Waals surface area (Å²) in [6.45, 7) is 1.34. The van der Waals surface area contributed by atoms with E-state index in [2.05, 4.69) is 15.6 Å². The largest absolute Gasteiger partial charge is 0.361 e. The first-order valence-corrected chi connectivity index (χ1v) is 7.09. The molecular formula is C15H14F2N4O2. The van der Waals surface area contributed by atoms with Crippen LogP contribution in [-0.2, 0) is 13.0 Å². The summed E-state index contributed by atoms with van der Waals surface area (Å²) < 4.78 is 31.5. The highest BCUT2D eigenvalue weighted by Crippen LogP contribution is 2.24. The number of nitrogens with zero attached hydrogens (tertiary/aromatic N) is 3. The van der Waals surface area contributed by atoms with Crippen LogP contribution in [0.2, 0.25) is 0 Å². The quantitative estimate of drug-likeness (QED) is 0.784. The molecule has 6 nitrogen and oxygen atoms in total. The lowest BCUT2D eigenvalue weighted by Gasteiger charge is -2.01. The molecule has 1 amide bonds. The van der Waals surface area contributed by atoms with Crippen molar-refractivity contribution >= 4 is 22.6 Å². The number of anilines is 1. The molecule has 0 saturated carbocycles. The van der Waals surface area contributed by atoms with E-state index in [9.17, 15) is 13.6 Å². The van der Waals surface area contributed by atoms with E-state index < -0.39 is 18.9 Å². The van der Waals surface area contributed by atoms with Crippen molar-refractivity contribution in [1.82, 2.24) is 14.9 Å². The molecule has 1 N–H and O–H groups in total. The number of fused-ring (bicyclic) bond motifs is 1. The SMILES string of the molecule is CCc1cc(C(=O)Nc2nn(CC(F)F)c3ccccc23)no1. The summed E-state index contributed by atoms with van der Waals surface area (Å²) in [6, 6.07) is 8.39. The predicted octanol–water partition coefficient (Wildman–Crippen LogP) is 3.10. The third-order valence-corrected chi connectivity index (χ3v) is 3.34. The van der Waals surface area contributed by atoms with Crippen LogP contribution in [-0.4, -0.2) is 27.3 Å². The van der Waals surface area contributed by atoms with E-state index >= 15 is 0 Å². The Morgan fingerprint density at radius 3 is 2.87 bits per heavy atom. The fraction of sp³-hybridized carbons (Fsp3) is 0.267. The smallest absolute Gasteiger partial charge is 0.279 e. The minimum absolute atomic E-state index is 0.120. The van der Waals surface area contributed by atoms with E-state index in [4.69, 9.17) is 4.52 Å². The van der Waals surface area contributed by atoms with Crippen LogP contribution in [0.4, 0.5) is 14.6 Å². The van der Waals surface area contributed by atoms with Gasteiger partial charge in [-0.1, -0.05) is 24.2 Å². The number of nitrogens with one attached hydrogen (secondary N) is 1. The molecule has 3 aromatic rings. The number of benzene rings is 1. The molecule has 0 aliphatic rings. The summed E-state index contributed by atoms with van der Waals surface area (Å²) in [5.41, 5.74) is 0.645. The van der Waals surface area contributed by atoms with Gasteiger partial charge in [-0.05, 0) is 12.1 Å². The third-order valence-electron chi connectivity index (χ3n) is 3.34. The number of para-hydroxylation sites is 1. The summed E-state index contributed by atoms with van der Waals surface area (Å²) in [5, 5.41) is 10.9. The fourth-order valence-electron chi connectivity index (χ4n) is 2.25. The number of hydrogen-bond donors (Lipinski definition) is 1. The summed E-state index contributed by atoms with van der Waals surface area (Å²) in [6.07, 6.45) is -1.92. The average Bonchev–Trinajstić information content (AvgIpc) is 3.13.